The molecule has 0 aromatic rings. The Labute approximate surface area is 202 Å². The van der Waals surface area contributed by atoms with Crippen molar-refractivity contribution in [3.05, 3.63) is 0 Å². The van der Waals surface area contributed by atoms with Crippen molar-refractivity contribution in [3.63, 3.8) is 0 Å². The first kappa shape index (κ1) is 24.1. The molecule has 10 atom stereocenters. The van der Waals surface area contributed by atoms with Crippen molar-refractivity contribution in [1.29, 1.82) is 0 Å². The summed E-state index contributed by atoms with van der Waals surface area (Å²) in [6.45, 7) is 16.5. The van der Waals surface area contributed by atoms with Gasteiger partial charge in [-0.1, -0.05) is 34.1 Å². The van der Waals surface area contributed by atoms with Crippen LogP contribution in [0.4, 0.5) is 0 Å². The van der Waals surface area contributed by atoms with E-state index in [1.54, 1.807) is 0 Å². The number of carboxylic acid groups (broad SMARTS) is 1. The molecule has 0 bridgehead atoms. The fourth-order valence-electron chi connectivity index (χ4n) is 12.1. The van der Waals surface area contributed by atoms with E-state index >= 15 is 0 Å². The van der Waals surface area contributed by atoms with Crippen molar-refractivity contribution in [2.75, 3.05) is 0 Å². The molecule has 3 nitrogen and oxygen atoms in total. The van der Waals surface area contributed by atoms with Crippen LogP contribution in [-0.4, -0.2) is 21.8 Å². The largest absolute Gasteiger partial charge is 0.481 e. The van der Waals surface area contributed by atoms with Crippen LogP contribution in [0.15, 0.2) is 0 Å². The van der Waals surface area contributed by atoms with Crippen LogP contribution in [0.25, 0.3) is 0 Å². The lowest BCUT2D eigenvalue weighted by atomic mass is 9.32. The summed E-state index contributed by atoms with van der Waals surface area (Å²) in [6.07, 6.45) is 13.0. The highest BCUT2D eigenvalue weighted by molar-refractivity contribution is 5.75. The van der Waals surface area contributed by atoms with Gasteiger partial charge >= 0.3 is 5.97 Å². The summed E-state index contributed by atoms with van der Waals surface area (Å²) < 4.78 is 0. The molecule has 5 rings (SSSR count). The second-order valence-electron chi connectivity index (χ2n) is 15.1. The third-order valence-corrected chi connectivity index (χ3v) is 13.8. The molecule has 5 saturated carbocycles. The topological polar surface area (TPSA) is 57.5 Å². The van der Waals surface area contributed by atoms with Crippen LogP contribution < -0.4 is 0 Å². The molecular formula is C30H50O3. The third-order valence-electron chi connectivity index (χ3n) is 13.8. The van der Waals surface area contributed by atoms with Crippen molar-refractivity contribution in [2.24, 2.45) is 56.7 Å². The average molecular weight is 459 g/mol. The Morgan fingerprint density at radius 3 is 1.88 bits per heavy atom. The highest BCUT2D eigenvalue weighted by Gasteiger charge is 2.71. The number of hydrogen-bond donors (Lipinski definition) is 2. The Balaban J connectivity index is 1.52. The van der Waals surface area contributed by atoms with Crippen molar-refractivity contribution < 1.29 is 15.0 Å². The van der Waals surface area contributed by atoms with Gasteiger partial charge in [-0.15, -0.1) is 0 Å². The normalized spacial score (nSPS) is 56.3. The Kier molecular flexibility index (Phi) is 5.13. The molecule has 0 spiro atoms. The predicted molar refractivity (Wildman–Crippen MR) is 133 cm³/mol. The van der Waals surface area contributed by atoms with E-state index in [-0.39, 0.29) is 5.41 Å². The van der Waals surface area contributed by atoms with Crippen LogP contribution in [0.1, 0.15) is 119 Å². The van der Waals surface area contributed by atoms with E-state index in [1.165, 1.54) is 51.4 Å². The van der Waals surface area contributed by atoms with Gasteiger partial charge in [0.25, 0.3) is 0 Å². The zero-order chi connectivity index (χ0) is 24.2. The van der Waals surface area contributed by atoms with Gasteiger partial charge in [0, 0.05) is 0 Å². The van der Waals surface area contributed by atoms with Gasteiger partial charge in [0.15, 0.2) is 0 Å². The van der Waals surface area contributed by atoms with E-state index in [2.05, 4.69) is 34.6 Å². The van der Waals surface area contributed by atoms with Gasteiger partial charge in [0.2, 0.25) is 0 Å². The van der Waals surface area contributed by atoms with Gasteiger partial charge in [-0.25, -0.2) is 0 Å². The number of fused-ring (bicyclic) bond motifs is 7. The van der Waals surface area contributed by atoms with Crippen molar-refractivity contribution in [2.45, 2.75) is 125 Å². The number of hydrogen-bond acceptors (Lipinski definition) is 2. The molecule has 2 N–H and O–H groups in total. The number of carbonyl (C=O) groups is 1. The Morgan fingerprint density at radius 2 is 1.30 bits per heavy atom. The minimum absolute atomic E-state index is 0.148. The second kappa shape index (κ2) is 7.01. The van der Waals surface area contributed by atoms with Crippen LogP contribution in [-0.2, 0) is 4.79 Å². The smallest absolute Gasteiger partial charge is 0.309 e. The van der Waals surface area contributed by atoms with Crippen LogP contribution in [0.3, 0.4) is 0 Å². The molecule has 0 radical (unpaired) electrons. The molecular weight excluding hydrogens is 408 g/mol. The molecule has 5 aliphatic rings. The van der Waals surface area contributed by atoms with Crippen molar-refractivity contribution >= 4 is 5.97 Å². The van der Waals surface area contributed by atoms with Gasteiger partial charge in [-0.05, 0) is 136 Å². The Morgan fingerprint density at radius 1 is 0.727 bits per heavy atom. The number of aliphatic hydroxyl groups is 1. The number of aliphatic carboxylic acids is 1. The molecule has 33 heavy (non-hydrogen) atoms. The first-order valence-corrected chi connectivity index (χ1v) is 14.1. The summed E-state index contributed by atoms with van der Waals surface area (Å²) >= 11 is 0. The van der Waals surface area contributed by atoms with Gasteiger partial charge in [-0.3, -0.25) is 4.79 Å². The summed E-state index contributed by atoms with van der Waals surface area (Å²) in [5.74, 6) is 2.20. The second-order valence-corrected chi connectivity index (χ2v) is 15.1. The molecule has 0 saturated heterocycles. The van der Waals surface area contributed by atoms with Crippen LogP contribution in [0.5, 0.6) is 0 Å². The lowest BCUT2D eigenvalue weighted by molar-refractivity contribution is -0.245. The molecule has 5 fully saturated rings. The fourth-order valence-corrected chi connectivity index (χ4v) is 12.1. The quantitative estimate of drug-likeness (QED) is 0.456. The maximum absolute atomic E-state index is 12.5. The fraction of sp³-hybridized carbons (Fsp3) is 0.967. The molecule has 0 heterocycles. The molecule has 10 unspecified atom stereocenters. The Bertz CT molecular complexity index is 829. The van der Waals surface area contributed by atoms with E-state index in [4.69, 9.17) is 0 Å². The van der Waals surface area contributed by atoms with E-state index in [0.717, 1.165) is 25.2 Å². The van der Waals surface area contributed by atoms with Gasteiger partial charge in [0.05, 0.1) is 11.0 Å². The molecule has 188 valence electrons. The van der Waals surface area contributed by atoms with Gasteiger partial charge in [-0.2, -0.15) is 0 Å². The monoisotopic (exact) mass is 458 g/mol. The maximum atomic E-state index is 12.5. The van der Waals surface area contributed by atoms with Crippen molar-refractivity contribution in [3.8, 4) is 0 Å². The molecule has 3 heteroatoms. The third kappa shape index (κ3) is 2.87. The summed E-state index contributed by atoms with van der Waals surface area (Å²) in [4.78, 5) is 12.5. The van der Waals surface area contributed by atoms with Gasteiger partial charge < -0.3 is 10.2 Å². The minimum Gasteiger partial charge on any atom is -0.481 e. The first-order chi connectivity index (χ1) is 15.1. The van der Waals surface area contributed by atoms with Gasteiger partial charge in [0.1, 0.15) is 0 Å². The van der Waals surface area contributed by atoms with Crippen LogP contribution >= 0.6 is 0 Å². The van der Waals surface area contributed by atoms with Crippen molar-refractivity contribution in [1.82, 2.24) is 0 Å². The molecule has 5 aliphatic carbocycles. The zero-order valence-corrected chi connectivity index (χ0v) is 22.5. The summed E-state index contributed by atoms with van der Waals surface area (Å²) in [5, 5.41) is 21.2. The maximum Gasteiger partial charge on any atom is 0.309 e. The summed E-state index contributed by atoms with van der Waals surface area (Å²) in [5.41, 5.74) is -0.0340. The SMILES string of the molecule is CC(C)(O)C1CCC2(C)C1CCC1(C)C2CCC2C3(C)CCCC(C)(C(=O)O)C3CCC21C. The Hall–Kier alpha value is -0.570. The molecule has 0 aromatic heterocycles. The molecule has 0 amide bonds. The van der Waals surface area contributed by atoms with E-state index in [0.29, 0.717) is 39.9 Å². The number of rotatable bonds is 2. The molecule has 0 aromatic carbocycles. The number of carboxylic acids is 1. The van der Waals surface area contributed by atoms with Crippen LogP contribution in [0, 0.1) is 56.7 Å². The highest BCUT2D eigenvalue weighted by Crippen LogP contribution is 2.78. The highest BCUT2D eigenvalue weighted by atomic mass is 16.4. The molecule has 0 aliphatic heterocycles. The average Bonchev–Trinajstić information content (AvgIpc) is 3.06. The van der Waals surface area contributed by atoms with Crippen LogP contribution in [0.2, 0.25) is 0 Å². The standard InChI is InChI=1S/C30H50O3/c1-25(2,33)19-11-16-26(3)20(19)12-17-29(6)22(26)9-10-23-27(4)14-8-15-28(5,24(31)32)21(27)13-18-30(23,29)7/h19-23,33H,8-18H2,1-7H3,(H,31,32). The summed E-state index contributed by atoms with van der Waals surface area (Å²) in [7, 11) is 0. The summed E-state index contributed by atoms with van der Waals surface area (Å²) in [6, 6.07) is 0. The van der Waals surface area contributed by atoms with E-state index in [1.807, 2.05) is 13.8 Å². The first-order valence-electron chi connectivity index (χ1n) is 14.1. The predicted octanol–water partition coefficient (Wildman–Crippen LogP) is 7.31. The lowest BCUT2D eigenvalue weighted by Gasteiger charge is -2.73. The van der Waals surface area contributed by atoms with E-state index in [9.17, 15) is 15.0 Å². The van der Waals surface area contributed by atoms with E-state index < -0.39 is 17.0 Å². The minimum atomic E-state index is -0.577. The zero-order valence-electron chi connectivity index (χ0n) is 22.5. The lowest BCUT2D eigenvalue weighted by Crippen LogP contribution is -2.66.